The lowest BCUT2D eigenvalue weighted by atomic mass is 10.1. The Hall–Kier alpha value is -1.61. The molecule has 2 N–H and O–H groups in total. The average Bonchev–Trinajstić information content (AvgIpc) is 2.96. The van der Waals surface area contributed by atoms with Crippen molar-refractivity contribution in [1.29, 1.82) is 0 Å². The first-order valence-electron chi connectivity index (χ1n) is 8.04. The fourth-order valence-electron chi connectivity index (χ4n) is 2.41. The molecule has 138 valence electrons. The summed E-state index contributed by atoms with van der Waals surface area (Å²) >= 11 is 0. The van der Waals surface area contributed by atoms with Crippen molar-refractivity contribution in [2.75, 3.05) is 20.1 Å². The number of benzene rings is 1. The lowest BCUT2D eigenvalue weighted by molar-refractivity contribution is 0.186. The van der Waals surface area contributed by atoms with Gasteiger partial charge < -0.3 is 19.9 Å². The van der Waals surface area contributed by atoms with Gasteiger partial charge in [0.1, 0.15) is 5.82 Å². The molecular formula is C18H26FIN4O. The lowest BCUT2D eigenvalue weighted by Gasteiger charge is -2.23. The number of aliphatic hydroxyl groups is 1. The number of aliphatic hydroxyl groups excluding tert-OH is 1. The molecule has 1 unspecified atom stereocenters. The number of aromatic nitrogens is 1. The molecule has 25 heavy (non-hydrogen) atoms. The minimum atomic E-state index is -0.761. The van der Waals surface area contributed by atoms with E-state index in [4.69, 9.17) is 0 Å². The van der Waals surface area contributed by atoms with Crippen LogP contribution in [0.2, 0.25) is 0 Å². The summed E-state index contributed by atoms with van der Waals surface area (Å²) in [5.41, 5.74) is 1.82. The predicted octanol–water partition coefficient (Wildman–Crippen LogP) is 2.91. The van der Waals surface area contributed by atoms with Crippen molar-refractivity contribution < 1.29 is 9.50 Å². The van der Waals surface area contributed by atoms with Gasteiger partial charge in [-0.2, -0.15) is 0 Å². The second-order valence-corrected chi connectivity index (χ2v) is 5.73. The van der Waals surface area contributed by atoms with E-state index in [0.717, 1.165) is 12.5 Å². The van der Waals surface area contributed by atoms with E-state index in [0.29, 0.717) is 12.1 Å². The third kappa shape index (κ3) is 6.32. The molecule has 0 aliphatic rings. The molecular weight excluding hydrogens is 434 g/mol. The number of nitrogens with one attached hydrogen (secondary N) is 1. The second kappa shape index (κ2) is 10.4. The molecule has 1 aromatic carbocycles. The Labute approximate surface area is 165 Å². The predicted molar refractivity (Wildman–Crippen MR) is 110 cm³/mol. The molecule has 1 atom stereocenters. The third-order valence-corrected chi connectivity index (χ3v) is 3.82. The highest BCUT2D eigenvalue weighted by Crippen LogP contribution is 2.14. The molecule has 0 bridgehead atoms. The number of guanidine groups is 1. The second-order valence-electron chi connectivity index (χ2n) is 5.73. The van der Waals surface area contributed by atoms with Gasteiger partial charge in [0.15, 0.2) is 5.96 Å². The van der Waals surface area contributed by atoms with E-state index in [1.165, 1.54) is 17.8 Å². The van der Waals surface area contributed by atoms with Gasteiger partial charge in [0.25, 0.3) is 0 Å². The zero-order valence-electron chi connectivity index (χ0n) is 14.8. The molecule has 0 aliphatic heterocycles. The normalized spacial score (nSPS) is 12.4. The van der Waals surface area contributed by atoms with Crippen molar-refractivity contribution in [1.82, 2.24) is 14.8 Å². The summed E-state index contributed by atoms with van der Waals surface area (Å²) in [5.74, 6) is 0.407. The summed E-state index contributed by atoms with van der Waals surface area (Å²) in [6, 6.07) is 9.91. The Morgan fingerprint density at radius 3 is 2.56 bits per heavy atom. The maximum absolute atomic E-state index is 13.0. The Balaban J connectivity index is 0.00000312. The van der Waals surface area contributed by atoms with Gasteiger partial charge in [-0.3, -0.25) is 4.99 Å². The summed E-state index contributed by atoms with van der Waals surface area (Å²) in [6.45, 7) is 3.67. The van der Waals surface area contributed by atoms with E-state index in [1.807, 2.05) is 38.2 Å². The molecule has 5 nitrogen and oxygen atoms in total. The highest BCUT2D eigenvalue weighted by molar-refractivity contribution is 14.0. The van der Waals surface area contributed by atoms with Gasteiger partial charge in [0.05, 0.1) is 19.2 Å². The van der Waals surface area contributed by atoms with E-state index >= 15 is 0 Å². The van der Waals surface area contributed by atoms with Crippen LogP contribution in [-0.2, 0) is 13.6 Å². The summed E-state index contributed by atoms with van der Waals surface area (Å²) in [7, 11) is 3.96. The van der Waals surface area contributed by atoms with Crippen molar-refractivity contribution in [3.8, 4) is 0 Å². The SMILES string of the molecule is CCNC(=NCC(O)c1ccc(F)cc1)N(C)Cc1cccn1C.I. The van der Waals surface area contributed by atoms with Crippen LogP contribution >= 0.6 is 24.0 Å². The summed E-state index contributed by atoms with van der Waals surface area (Å²) in [5, 5.41) is 13.5. The first kappa shape index (κ1) is 21.4. The summed E-state index contributed by atoms with van der Waals surface area (Å²) in [6.07, 6.45) is 1.24. The Bertz CT molecular complexity index is 672. The number of aliphatic imine (C=N–C) groups is 1. The molecule has 0 saturated heterocycles. The number of rotatable bonds is 6. The third-order valence-electron chi connectivity index (χ3n) is 3.82. The fourth-order valence-corrected chi connectivity index (χ4v) is 2.41. The number of hydrogen-bond acceptors (Lipinski definition) is 2. The maximum Gasteiger partial charge on any atom is 0.194 e. The molecule has 0 amide bonds. The Kier molecular flexibility index (Phi) is 8.91. The van der Waals surface area contributed by atoms with E-state index in [-0.39, 0.29) is 36.3 Å². The van der Waals surface area contributed by atoms with E-state index in [9.17, 15) is 9.50 Å². The quantitative estimate of drug-likeness (QED) is 0.396. The Morgan fingerprint density at radius 1 is 1.32 bits per heavy atom. The van der Waals surface area contributed by atoms with Gasteiger partial charge in [-0.15, -0.1) is 24.0 Å². The number of nitrogens with zero attached hydrogens (tertiary/aromatic N) is 3. The monoisotopic (exact) mass is 460 g/mol. The highest BCUT2D eigenvalue weighted by atomic mass is 127. The van der Waals surface area contributed by atoms with Crippen molar-refractivity contribution in [3.05, 3.63) is 59.7 Å². The first-order chi connectivity index (χ1) is 11.5. The minimum absolute atomic E-state index is 0. The van der Waals surface area contributed by atoms with Gasteiger partial charge >= 0.3 is 0 Å². The minimum Gasteiger partial charge on any atom is -0.386 e. The van der Waals surface area contributed by atoms with E-state index < -0.39 is 6.10 Å². The van der Waals surface area contributed by atoms with Crippen molar-refractivity contribution in [2.45, 2.75) is 19.6 Å². The number of halogens is 2. The molecule has 0 spiro atoms. The van der Waals surface area contributed by atoms with Crippen molar-refractivity contribution in [3.63, 3.8) is 0 Å². The fraction of sp³-hybridized carbons (Fsp3) is 0.389. The smallest absolute Gasteiger partial charge is 0.194 e. The van der Waals surface area contributed by atoms with E-state index in [1.54, 1.807) is 12.1 Å². The first-order valence-corrected chi connectivity index (χ1v) is 8.04. The van der Waals surface area contributed by atoms with Gasteiger partial charge in [-0.1, -0.05) is 12.1 Å². The van der Waals surface area contributed by atoms with Crippen LogP contribution < -0.4 is 5.32 Å². The molecule has 2 aromatic rings. The van der Waals surface area contributed by atoms with Crippen LogP contribution in [0.15, 0.2) is 47.6 Å². The average molecular weight is 460 g/mol. The van der Waals surface area contributed by atoms with Crippen LogP contribution in [0, 0.1) is 5.82 Å². The van der Waals surface area contributed by atoms with Crippen molar-refractivity contribution in [2.24, 2.45) is 12.0 Å². The van der Waals surface area contributed by atoms with Gasteiger partial charge in [-0.25, -0.2) is 4.39 Å². The summed E-state index contributed by atoms with van der Waals surface area (Å²) < 4.78 is 15.0. The Morgan fingerprint density at radius 2 is 2.00 bits per heavy atom. The number of aryl methyl sites for hydroxylation is 1. The zero-order chi connectivity index (χ0) is 17.5. The van der Waals surface area contributed by atoms with Crippen LogP contribution in [0.4, 0.5) is 4.39 Å². The van der Waals surface area contributed by atoms with Crippen LogP contribution in [0.5, 0.6) is 0 Å². The van der Waals surface area contributed by atoms with Gasteiger partial charge in [0.2, 0.25) is 0 Å². The van der Waals surface area contributed by atoms with Gasteiger partial charge in [-0.05, 0) is 36.8 Å². The maximum atomic E-state index is 13.0. The van der Waals surface area contributed by atoms with E-state index in [2.05, 4.69) is 20.9 Å². The molecule has 1 heterocycles. The van der Waals surface area contributed by atoms with Crippen LogP contribution in [-0.4, -0.2) is 40.7 Å². The largest absolute Gasteiger partial charge is 0.386 e. The van der Waals surface area contributed by atoms with Crippen molar-refractivity contribution >= 4 is 29.9 Å². The van der Waals surface area contributed by atoms with Crippen LogP contribution in [0.1, 0.15) is 24.3 Å². The molecule has 0 aliphatic carbocycles. The summed E-state index contributed by atoms with van der Waals surface area (Å²) in [4.78, 5) is 6.51. The molecule has 0 radical (unpaired) electrons. The molecule has 1 aromatic heterocycles. The number of hydrogen-bond donors (Lipinski definition) is 2. The molecule has 2 rings (SSSR count). The van der Waals surface area contributed by atoms with Gasteiger partial charge in [0, 0.05) is 32.5 Å². The molecule has 0 fully saturated rings. The van der Waals surface area contributed by atoms with Crippen LogP contribution in [0.3, 0.4) is 0 Å². The molecule has 7 heteroatoms. The lowest BCUT2D eigenvalue weighted by Crippen LogP contribution is -2.39. The standard InChI is InChI=1S/C18H25FN4O.HI/c1-4-20-18(23(3)13-16-6-5-11-22(16)2)21-12-17(24)14-7-9-15(19)10-8-14;/h5-11,17,24H,4,12-13H2,1-3H3,(H,20,21);1H. The van der Waals surface area contributed by atoms with Crippen LogP contribution in [0.25, 0.3) is 0 Å². The molecule has 0 saturated carbocycles. The topological polar surface area (TPSA) is 52.8 Å². The zero-order valence-corrected chi connectivity index (χ0v) is 17.1. The highest BCUT2D eigenvalue weighted by Gasteiger charge is 2.11.